The monoisotopic (exact) mass is 485 g/mol. The van der Waals surface area contributed by atoms with Gasteiger partial charge in [0, 0.05) is 36.8 Å². The van der Waals surface area contributed by atoms with Gasteiger partial charge in [-0.15, -0.1) is 0 Å². The van der Waals surface area contributed by atoms with Crippen LogP contribution >= 0.6 is 0 Å². The second-order valence-corrected chi connectivity index (χ2v) is 9.50. The van der Waals surface area contributed by atoms with E-state index in [2.05, 4.69) is 5.32 Å². The lowest BCUT2D eigenvalue weighted by Crippen LogP contribution is -2.48. The zero-order valence-electron chi connectivity index (χ0n) is 20.5. The Kier molecular flexibility index (Phi) is 6.89. The molecule has 186 valence electrons. The molecule has 0 aliphatic carbocycles. The summed E-state index contributed by atoms with van der Waals surface area (Å²) in [6.45, 7) is 1.67. The van der Waals surface area contributed by atoms with E-state index in [0.29, 0.717) is 50.1 Å². The van der Waals surface area contributed by atoms with Crippen molar-refractivity contribution >= 4 is 34.2 Å². The lowest BCUT2D eigenvalue weighted by Gasteiger charge is -2.34. The van der Waals surface area contributed by atoms with Gasteiger partial charge in [-0.05, 0) is 66.8 Å². The highest BCUT2D eigenvalue weighted by Crippen LogP contribution is 2.28. The van der Waals surface area contributed by atoms with Crippen LogP contribution in [0.2, 0.25) is 0 Å². The molecule has 3 aromatic carbocycles. The number of likely N-dealkylation sites (tertiary alicyclic amines) is 2. The number of hydrogen-bond acceptors (Lipinski definition) is 4. The van der Waals surface area contributed by atoms with Crippen molar-refractivity contribution in [3.63, 3.8) is 0 Å². The van der Waals surface area contributed by atoms with Gasteiger partial charge in [0.25, 0.3) is 5.91 Å². The Morgan fingerprint density at radius 1 is 0.861 bits per heavy atom. The number of carbonyl (C=O) groups excluding carboxylic acids is 3. The van der Waals surface area contributed by atoms with Gasteiger partial charge < -0.3 is 19.9 Å². The lowest BCUT2D eigenvalue weighted by molar-refractivity contribution is -0.141. The Labute approximate surface area is 211 Å². The summed E-state index contributed by atoms with van der Waals surface area (Å²) in [5, 5.41) is 4.93. The zero-order valence-corrected chi connectivity index (χ0v) is 20.5. The van der Waals surface area contributed by atoms with Crippen molar-refractivity contribution in [2.24, 2.45) is 5.92 Å². The topological polar surface area (TPSA) is 79.0 Å². The molecule has 2 fully saturated rings. The molecule has 3 amide bonds. The first-order chi connectivity index (χ1) is 17.5. The molecule has 0 bridgehead atoms. The Morgan fingerprint density at radius 2 is 1.58 bits per heavy atom. The number of nitrogens with one attached hydrogen (secondary N) is 1. The van der Waals surface area contributed by atoms with Crippen molar-refractivity contribution in [3.8, 4) is 5.75 Å². The van der Waals surface area contributed by atoms with Crippen LogP contribution in [0.5, 0.6) is 5.75 Å². The van der Waals surface area contributed by atoms with Crippen LogP contribution in [0.1, 0.15) is 36.0 Å². The van der Waals surface area contributed by atoms with Crippen molar-refractivity contribution in [2.45, 2.75) is 31.7 Å². The van der Waals surface area contributed by atoms with Crippen LogP contribution in [-0.2, 0) is 9.59 Å². The number of carbonyl (C=O) groups is 3. The first kappa shape index (κ1) is 23.9. The number of benzene rings is 3. The maximum Gasteiger partial charge on any atom is 0.254 e. The van der Waals surface area contributed by atoms with Gasteiger partial charge in [-0.1, -0.05) is 36.4 Å². The molecule has 36 heavy (non-hydrogen) atoms. The number of hydrogen-bond donors (Lipinski definition) is 1. The van der Waals surface area contributed by atoms with E-state index >= 15 is 0 Å². The molecule has 0 saturated carbocycles. The third-order valence-electron chi connectivity index (χ3n) is 7.35. The maximum absolute atomic E-state index is 13.4. The summed E-state index contributed by atoms with van der Waals surface area (Å²) in [6.07, 6.45) is 2.69. The number of amides is 3. The van der Waals surface area contributed by atoms with Crippen molar-refractivity contribution in [1.82, 2.24) is 9.80 Å². The van der Waals surface area contributed by atoms with Crippen LogP contribution in [0.15, 0.2) is 66.7 Å². The van der Waals surface area contributed by atoms with Crippen LogP contribution in [0, 0.1) is 5.92 Å². The van der Waals surface area contributed by atoms with Gasteiger partial charge in [-0.25, -0.2) is 0 Å². The molecule has 2 aliphatic heterocycles. The van der Waals surface area contributed by atoms with Gasteiger partial charge in [-0.3, -0.25) is 14.4 Å². The minimum Gasteiger partial charge on any atom is -0.497 e. The van der Waals surface area contributed by atoms with Crippen molar-refractivity contribution in [2.75, 3.05) is 32.1 Å². The number of rotatable bonds is 5. The highest BCUT2D eigenvalue weighted by Gasteiger charge is 2.38. The molecule has 1 N–H and O–H groups in total. The second-order valence-electron chi connectivity index (χ2n) is 9.50. The SMILES string of the molecule is COc1ccc(NC(=O)C2CCCN2C(=O)C2CCN(C(=O)c3cccc4ccccc34)CC2)cc1. The standard InChI is InChI=1S/C29H31N3O4/c1-36-23-13-11-22(12-14-23)30-27(33)26-10-5-17-32(26)28(34)21-15-18-31(19-16-21)29(35)25-9-4-7-20-6-2-3-8-24(20)25/h2-4,6-9,11-14,21,26H,5,10,15-19H2,1H3,(H,30,33). The average molecular weight is 486 g/mol. The first-order valence-corrected chi connectivity index (χ1v) is 12.6. The molecule has 1 unspecified atom stereocenters. The molecule has 1 atom stereocenters. The zero-order chi connectivity index (χ0) is 25.1. The van der Waals surface area contributed by atoms with Crippen LogP contribution in [0.4, 0.5) is 5.69 Å². The predicted molar refractivity (Wildman–Crippen MR) is 139 cm³/mol. The highest BCUT2D eigenvalue weighted by atomic mass is 16.5. The van der Waals surface area contributed by atoms with Gasteiger partial charge >= 0.3 is 0 Å². The highest BCUT2D eigenvalue weighted by molar-refractivity contribution is 6.07. The first-order valence-electron chi connectivity index (χ1n) is 12.6. The minimum atomic E-state index is -0.463. The van der Waals surface area contributed by atoms with E-state index in [4.69, 9.17) is 4.74 Å². The van der Waals surface area contributed by atoms with Crippen LogP contribution in [0.3, 0.4) is 0 Å². The molecule has 7 nitrogen and oxygen atoms in total. The van der Waals surface area contributed by atoms with Gasteiger partial charge in [0.1, 0.15) is 11.8 Å². The normalized spacial score (nSPS) is 18.3. The summed E-state index contributed by atoms with van der Waals surface area (Å²) in [4.78, 5) is 43.2. The smallest absolute Gasteiger partial charge is 0.254 e. The fourth-order valence-corrected chi connectivity index (χ4v) is 5.35. The second kappa shape index (κ2) is 10.4. The van der Waals surface area contributed by atoms with Crippen LogP contribution < -0.4 is 10.1 Å². The van der Waals surface area contributed by atoms with E-state index in [1.165, 1.54) is 0 Å². The summed E-state index contributed by atoms with van der Waals surface area (Å²) >= 11 is 0. The molecule has 3 aromatic rings. The van der Waals surface area contributed by atoms with Crippen molar-refractivity contribution < 1.29 is 19.1 Å². The Bertz CT molecular complexity index is 1260. The van der Waals surface area contributed by atoms with Gasteiger partial charge in [0.2, 0.25) is 11.8 Å². The van der Waals surface area contributed by atoms with Gasteiger partial charge in [-0.2, -0.15) is 0 Å². The number of nitrogens with zero attached hydrogens (tertiary/aromatic N) is 2. The molecule has 2 saturated heterocycles. The molecule has 2 heterocycles. The maximum atomic E-state index is 13.4. The van der Waals surface area contributed by atoms with Gasteiger partial charge in [0.05, 0.1) is 7.11 Å². The Balaban J connectivity index is 1.20. The van der Waals surface area contributed by atoms with Crippen molar-refractivity contribution in [3.05, 3.63) is 72.3 Å². The number of fused-ring (bicyclic) bond motifs is 1. The number of anilines is 1. The van der Waals surface area contributed by atoms with Crippen LogP contribution in [0.25, 0.3) is 10.8 Å². The molecule has 5 rings (SSSR count). The molecular weight excluding hydrogens is 454 g/mol. The van der Waals surface area contributed by atoms with Gasteiger partial charge in [0.15, 0.2) is 0 Å². The number of ether oxygens (including phenoxy) is 1. The average Bonchev–Trinajstić information content (AvgIpc) is 3.43. The van der Waals surface area contributed by atoms with E-state index in [0.717, 1.165) is 22.9 Å². The molecule has 0 radical (unpaired) electrons. The lowest BCUT2D eigenvalue weighted by atomic mass is 9.94. The predicted octanol–water partition coefficient (Wildman–Crippen LogP) is 4.33. The van der Waals surface area contributed by atoms with E-state index in [9.17, 15) is 14.4 Å². The molecule has 0 spiro atoms. The summed E-state index contributed by atoms with van der Waals surface area (Å²) in [5.41, 5.74) is 1.38. The van der Waals surface area contributed by atoms with E-state index in [1.54, 1.807) is 36.3 Å². The quantitative estimate of drug-likeness (QED) is 0.584. The fraction of sp³-hybridized carbons (Fsp3) is 0.345. The molecule has 7 heteroatoms. The van der Waals surface area contributed by atoms with E-state index < -0.39 is 6.04 Å². The van der Waals surface area contributed by atoms with E-state index in [1.807, 2.05) is 47.4 Å². The minimum absolute atomic E-state index is 0.00983. The third kappa shape index (κ3) is 4.78. The summed E-state index contributed by atoms with van der Waals surface area (Å²) < 4.78 is 5.17. The molecule has 2 aliphatic rings. The molecule has 0 aromatic heterocycles. The number of methoxy groups -OCH3 is 1. The largest absolute Gasteiger partial charge is 0.497 e. The fourth-order valence-electron chi connectivity index (χ4n) is 5.35. The number of piperidine rings is 1. The summed E-state index contributed by atoms with van der Waals surface area (Å²) in [6, 6.07) is 20.4. The summed E-state index contributed by atoms with van der Waals surface area (Å²) in [7, 11) is 1.60. The van der Waals surface area contributed by atoms with Crippen molar-refractivity contribution in [1.29, 1.82) is 0 Å². The van der Waals surface area contributed by atoms with E-state index in [-0.39, 0.29) is 23.6 Å². The Hall–Kier alpha value is -3.87. The molecular formula is C29H31N3O4. The Morgan fingerprint density at radius 3 is 2.33 bits per heavy atom. The third-order valence-corrected chi connectivity index (χ3v) is 7.35. The van der Waals surface area contributed by atoms with Crippen LogP contribution in [-0.4, -0.2) is 60.3 Å². The summed E-state index contributed by atoms with van der Waals surface area (Å²) in [5.74, 6) is 0.428.